The summed E-state index contributed by atoms with van der Waals surface area (Å²) in [5.41, 5.74) is 0.670. The molecule has 0 saturated heterocycles. The second kappa shape index (κ2) is 7.59. The number of rotatable bonds is 6. The Morgan fingerprint density at radius 2 is 2.15 bits per heavy atom. The van der Waals surface area contributed by atoms with Gasteiger partial charge in [0.1, 0.15) is 0 Å². The number of hydrogen-bond acceptors (Lipinski definition) is 2. The van der Waals surface area contributed by atoms with E-state index in [1.165, 1.54) is 0 Å². The van der Waals surface area contributed by atoms with Crippen LogP contribution in [0.1, 0.15) is 33.1 Å². The van der Waals surface area contributed by atoms with Crippen LogP contribution in [0.4, 0.5) is 0 Å². The molecule has 2 nitrogen and oxygen atoms in total. The van der Waals surface area contributed by atoms with E-state index in [1.807, 2.05) is 13.0 Å². The van der Waals surface area contributed by atoms with Gasteiger partial charge in [0.05, 0.1) is 6.61 Å². The smallest absolute Gasteiger partial charge is 0.333 e. The van der Waals surface area contributed by atoms with Crippen molar-refractivity contribution < 1.29 is 9.53 Å². The fourth-order valence-corrected chi connectivity index (χ4v) is 0.787. The standard InChI is InChI=1S/C11H18O2/c1-4-6-7-8-9-13-11(12)10(3)5-2/h4-5H,1,6-9H2,2-3H3/b10-5+. The Hall–Kier alpha value is -1.05. The highest BCUT2D eigenvalue weighted by molar-refractivity contribution is 5.87. The van der Waals surface area contributed by atoms with Crippen molar-refractivity contribution in [3.05, 3.63) is 24.3 Å². The molecule has 0 aromatic heterocycles. The maximum Gasteiger partial charge on any atom is 0.333 e. The van der Waals surface area contributed by atoms with Gasteiger partial charge in [0.2, 0.25) is 0 Å². The van der Waals surface area contributed by atoms with Crippen molar-refractivity contribution in [2.75, 3.05) is 6.61 Å². The summed E-state index contributed by atoms with van der Waals surface area (Å²) in [6.45, 7) is 7.71. The second-order valence-electron chi connectivity index (χ2n) is 2.89. The van der Waals surface area contributed by atoms with E-state index in [0.29, 0.717) is 12.2 Å². The molecule has 0 fully saturated rings. The summed E-state index contributed by atoms with van der Waals surface area (Å²) in [5.74, 6) is -0.207. The minimum Gasteiger partial charge on any atom is -0.462 e. The molecule has 0 rings (SSSR count). The summed E-state index contributed by atoms with van der Waals surface area (Å²) in [7, 11) is 0. The molecule has 0 aliphatic carbocycles. The first-order valence-corrected chi connectivity index (χ1v) is 4.63. The maximum atomic E-state index is 11.1. The summed E-state index contributed by atoms with van der Waals surface area (Å²) in [4.78, 5) is 11.1. The Morgan fingerprint density at radius 3 is 2.69 bits per heavy atom. The number of carbonyl (C=O) groups excluding carboxylic acids is 1. The highest BCUT2D eigenvalue weighted by Gasteiger charge is 2.02. The molecule has 0 spiro atoms. The monoisotopic (exact) mass is 182 g/mol. The third-order valence-corrected chi connectivity index (χ3v) is 1.79. The van der Waals surface area contributed by atoms with Crippen molar-refractivity contribution in [1.29, 1.82) is 0 Å². The van der Waals surface area contributed by atoms with Crippen LogP contribution in [0.5, 0.6) is 0 Å². The average Bonchev–Trinajstić information content (AvgIpc) is 2.16. The zero-order chi connectivity index (χ0) is 10.1. The fraction of sp³-hybridized carbons (Fsp3) is 0.545. The Kier molecular flexibility index (Phi) is 6.98. The lowest BCUT2D eigenvalue weighted by molar-refractivity contribution is -0.139. The van der Waals surface area contributed by atoms with E-state index in [1.54, 1.807) is 13.0 Å². The molecule has 74 valence electrons. The van der Waals surface area contributed by atoms with Gasteiger partial charge in [0, 0.05) is 5.57 Å². The maximum absolute atomic E-state index is 11.1. The summed E-state index contributed by atoms with van der Waals surface area (Å²) in [5, 5.41) is 0. The Morgan fingerprint density at radius 1 is 1.46 bits per heavy atom. The van der Waals surface area contributed by atoms with Gasteiger partial charge in [-0.1, -0.05) is 12.2 Å². The fourth-order valence-electron chi connectivity index (χ4n) is 0.787. The van der Waals surface area contributed by atoms with Gasteiger partial charge in [0.15, 0.2) is 0 Å². The molecule has 13 heavy (non-hydrogen) atoms. The summed E-state index contributed by atoms with van der Waals surface area (Å²) in [6.07, 6.45) is 6.56. The van der Waals surface area contributed by atoms with E-state index < -0.39 is 0 Å². The molecule has 0 bridgehead atoms. The van der Waals surface area contributed by atoms with Crippen molar-refractivity contribution in [1.82, 2.24) is 0 Å². The minimum atomic E-state index is -0.207. The zero-order valence-corrected chi connectivity index (χ0v) is 8.51. The first-order valence-electron chi connectivity index (χ1n) is 4.63. The second-order valence-corrected chi connectivity index (χ2v) is 2.89. The first-order chi connectivity index (χ1) is 6.22. The van der Waals surface area contributed by atoms with Crippen LogP contribution in [0.25, 0.3) is 0 Å². The van der Waals surface area contributed by atoms with Gasteiger partial charge in [-0.05, 0) is 33.1 Å². The van der Waals surface area contributed by atoms with Crippen LogP contribution in [0.15, 0.2) is 24.3 Å². The normalized spacial score (nSPS) is 11.1. The minimum absolute atomic E-state index is 0.207. The highest BCUT2D eigenvalue weighted by Crippen LogP contribution is 2.00. The quantitative estimate of drug-likeness (QED) is 0.273. The lowest BCUT2D eigenvalue weighted by Gasteiger charge is -2.03. The Bertz CT molecular complexity index is 192. The number of hydrogen-bond donors (Lipinski definition) is 0. The van der Waals surface area contributed by atoms with Crippen molar-refractivity contribution >= 4 is 5.97 Å². The van der Waals surface area contributed by atoms with E-state index >= 15 is 0 Å². The SMILES string of the molecule is C=CCCCCOC(=O)/C(C)=C/C. The number of carbonyl (C=O) groups is 1. The van der Waals surface area contributed by atoms with Gasteiger partial charge in [-0.15, -0.1) is 6.58 Å². The number of allylic oxidation sites excluding steroid dienone is 2. The summed E-state index contributed by atoms with van der Waals surface area (Å²) < 4.78 is 5.00. The molecule has 0 atom stereocenters. The first kappa shape index (κ1) is 11.9. The van der Waals surface area contributed by atoms with E-state index in [9.17, 15) is 4.79 Å². The van der Waals surface area contributed by atoms with Crippen LogP contribution in [-0.4, -0.2) is 12.6 Å². The molecule has 2 heteroatoms. The third-order valence-electron chi connectivity index (χ3n) is 1.79. The van der Waals surface area contributed by atoms with Crippen molar-refractivity contribution in [3.63, 3.8) is 0 Å². The number of unbranched alkanes of at least 4 members (excludes halogenated alkanes) is 2. The third kappa shape index (κ3) is 6.14. The van der Waals surface area contributed by atoms with Crippen LogP contribution < -0.4 is 0 Å². The van der Waals surface area contributed by atoms with Crippen molar-refractivity contribution in [2.45, 2.75) is 33.1 Å². The number of esters is 1. The van der Waals surface area contributed by atoms with Gasteiger partial charge < -0.3 is 4.74 Å². The van der Waals surface area contributed by atoms with E-state index in [2.05, 4.69) is 6.58 Å². The van der Waals surface area contributed by atoms with E-state index in [4.69, 9.17) is 4.74 Å². The molecule has 0 radical (unpaired) electrons. The molecule has 0 amide bonds. The highest BCUT2D eigenvalue weighted by atomic mass is 16.5. The molecule has 0 aliphatic heterocycles. The summed E-state index contributed by atoms with van der Waals surface area (Å²) >= 11 is 0. The number of ether oxygens (including phenoxy) is 1. The Balaban J connectivity index is 3.43. The van der Waals surface area contributed by atoms with Gasteiger partial charge >= 0.3 is 5.97 Å². The molecular formula is C11H18O2. The van der Waals surface area contributed by atoms with Crippen molar-refractivity contribution in [2.24, 2.45) is 0 Å². The molecule has 0 unspecified atom stereocenters. The molecular weight excluding hydrogens is 164 g/mol. The van der Waals surface area contributed by atoms with Crippen molar-refractivity contribution in [3.8, 4) is 0 Å². The van der Waals surface area contributed by atoms with Crippen LogP contribution in [-0.2, 0) is 9.53 Å². The van der Waals surface area contributed by atoms with Crippen LogP contribution in [0, 0.1) is 0 Å². The zero-order valence-electron chi connectivity index (χ0n) is 8.51. The molecule has 0 aromatic carbocycles. The van der Waals surface area contributed by atoms with E-state index in [-0.39, 0.29) is 5.97 Å². The summed E-state index contributed by atoms with van der Waals surface area (Å²) in [6, 6.07) is 0. The molecule has 0 N–H and O–H groups in total. The van der Waals surface area contributed by atoms with Gasteiger partial charge in [0.25, 0.3) is 0 Å². The molecule has 0 aliphatic rings. The van der Waals surface area contributed by atoms with Crippen LogP contribution >= 0.6 is 0 Å². The molecule has 0 aromatic rings. The predicted molar refractivity (Wildman–Crippen MR) is 54.4 cm³/mol. The molecule has 0 heterocycles. The van der Waals surface area contributed by atoms with Gasteiger partial charge in [-0.25, -0.2) is 4.79 Å². The van der Waals surface area contributed by atoms with Gasteiger partial charge in [-0.3, -0.25) is 0 Å². The predicted octanol–water partition coefficient (Wildman–Crippen LogP) is 2.85. The molecule has 0 saturated carbocycles. The van der Waals surface area contributed by atoms with E-state index in [0.717, 1.165) is 19.3 Å². The Labute approximate surface area is 80.3 Å². The largest absolute Gasteiger partial charge is 0.462 e. The van der Waals surface area contributed by atoms with Gasteiger partial charge in [-0.2, -0.15) is 0 Å². The lowest BCUT2D eigenvalue weighted by Crippen LogP contribution is -2.06. The topological polar surface area (TPSA) is 26.3 Å². The average molecular weight is 182 g/mol. The lowest BCUT2D eigenvalue weighted by atomic mass is 10.2. The van der Waals surface area contributed by atoms with Crippen LogP contribution in [0.2, 0.25) is 0 Å². The van der Waals surface area contributed by atoms with Crippen LogP contribution in [0.3, 0.4) is 0 Å².